The molecule has 0 aromatic carbocycles. The van der Waals surface area contributed by atoms with Crippen LogP contribution < -0.4 is 0 Å². The lowest BCUT2D eigenvalue weighted by Gasteiger charge is -2.34. The van der Waals surface area contributed by atoms with Crippen LogP contribution in [-0.4, -0.2) is 35.3 Å². The molecule has 1 aliphatic heterocycles. The second-order valence-electron chi connectivity index (χ2n) is 3.25. The number of likely N-dealkylation sites (tertiary alicyclic amines) is 1. The van der Waals surface area contributed by atoms with Gasteiger partial charge in [-0.05, 0) is 26.2 Å². The molecular weight excluding hydrogens is 142 g/mol. The molecule has 64 valence electrons. The minimum atomic E-state index is -0.646. The van der Waals surface area contributed by atoms with Gasteiger partial charge in [0.2, 0.25) is 0 Å². The van der Waals surface area contributed by atoms with Crippen LogP contribution in [0.4, 0.5) is 4.79 Å². The van der Waals surface area contributed by atoms with E-state index in [2.05, 4.69) is 0 Å². The zero-order valence-corrected chi connectivity index (χ0v) is 7.05. The van der Waals surface area contributed by atoms with Crippen LogP contribution in [0.5, 0.6) is 0 Å². The maximum absolute atomic E-state index is 10.9. The van der Waals surface area contributed by atoms with Gasteiger partial charge in [-0.25, -0.2) is 4.48 Å². The Morgan fingerprint density at radius 2 is 1.91 bits per heavy atom. The lowest BCUT2D eigenvalue weighted by molar-refractivity contribution is -0.860. The summed E-state index contributed by atoms with van der Waals surface area (Å²) in [5, 5.41) is 8.96. The third kappa shape index (κ3) is 1.53. The van der Waals surface area contributed by atoms with Gasteiger partial charge >= 0.3 is 6.09 Å². The topological polar surface area (TPSA) is 37.3 Å². The average Bonchev–Trinajstić information content (AvgIpc) is 2.05. The van der Waals surface area contributed by atoms with Crippen molar-refractivity contribution in [3.05, 3.63) is 0 Å². The number of piperidine rings is 1. The molecule has 0 atom stereocenters. The maximum Gasteiger partial charge on any atom is 0.513 e. The first-order valence-electron chi connectivity index (χ1n) is 4.31. The Morgan fingerprint density at radius 1 is 1.36 bits per heavy atom. The molecule has 3 heteroatoms. The van der Waals surface area contributed by atoms with E-state index in [4.69, 9.17) is 5.11 Å². The monoisotopic (exact) mass is 158 g/mol. The molecular formula is C8H16NO2+. The molecule has 0 unspecified atom stereocenters. The smallest absolute Gasteiger partial charge is 0.435 e. The van der Waals surface area contributed by atoms with Gasteiger partial charge < -0.3 is 5.11 Å². The van der Waals surface area contributed by atoms with Gasteiger partial charge in [0, 0.05) is 0 Å². The molecule has 0 radical (unpaired) electrons. The Kier molecular flexibility index (Phi) is 2.49. The Labute approximate surface area is 67.2 Å². The van der Waals surface area contributed by atoms with Gasteiger partial charge in [0.15, 0.2) is 0 Å². The molecule has 0 bridgehead atoms. The predicted octanol–water partition coefficient (Wildman–Crippen LogP) is 1.69. The zero-order valence-electron chi connectivity index (χ0n) is 7.05. The van der Waals surface area contributed by atoms with E-state index in [9.17, 15) is 4.79 Å². The molecule has 0 aromatic heterocycles. The molecule has 1 saturated heterocycles. The molecule has 1 fully saturated rings. The van der Waals surface area contributed by atoms with Crippen LogP contribution in [0.1, 0.15) is 26.2 Å². The van der Waals surface area contributed by atoms with Crippen LogP contribution in [0.15, 0.2) is 0 Å². The molecule has 1 aliphatic rings. The largest absolute Gasteiger partial charge is 0.513 e. The van der Waals surface area contributed by atoms with Crippen LogP contribution >= 0.6 is 0 Å². The molecule has 3 nitrogen and oxygen atoms in total. The van der Waals surface area contributed by atoms with Gasteiger partial charge in [0.1, 0.15) is 0 Å². The molecule has 1 rings (SSSR count). The van der Waals surface area contributed by atoms with Crippen LogP contribution in [0.3, 0.4) is 0 Å². The number of quaternary nitrogens is 1. The lowest BCUT2D eigenvalue weighted by Crippen LogP contribution is -2.54. The molecule has 1 amide bonds. The fourth-order valence-corrected chi connectivity index (χ4v) is 1.76. The van der Waals surface area contributed by atoms with Crippen LogP contribution in [0.2, 0.25) is 0 Å². The Hall–Kier alpha value is -0.570. The highest BCUT2D eigenvalue weighted by atomic mass is 16.4. The summed E-state index contributed by atoms with van der Waals surface area (Å²) >= 11 is 0. The summed E-state index contributed by atoms with van der Waals surface area (Å²) in [6.07, 6.45) is 2.69. The van der Waals surface area contributed by atoms with Crippen molar-refractivity contribution in [2.75, 3.05) is 19.6 Å². The van der Waals surface area contributed by atoms with Crippen LogP contribution in [-0.2, 0) is 0 Å². The second-order valence-corrected chi connectivity index (χ2v) is 3.25. The normalized spacial score (nSPS) is 23.0. The maximum atomic E-state index is 10.9. The summed E-state index contributed by atoms with van der Waals surface area (Å²) in [7, 11) is 0. The number of amides is 1. The summed E-state index contributed by atoms with van der Waals surface area (Å²) in [6, 6.07) is 0. The standard InChI is InChI=1S/C8H15NO2/c1-2-9(8(10)11)6-4-3-5-7-9/h2-7H2,1H3/p+1. The molecule has 1 N–H and O–H groups in total. The molecule has 0 saturated carbocycles. The summed E-state index contributed by atoms with van der Waals surface area (Å²) < 4.78 is 0.292. The van der Waals surface area contributed by atoms with E-state index in [0.29, 0.717) is 4.48 Å². The Bertz CT molecular complexity index is 150. The SMILES string of the molecule is CC[N+]1(C(=O)O)CCCCC1. The first-order chi connectivity index (χ1) is 5.21. The number of hydrogen-bond acceptors (Lipinski definition) is 1. The molecule has 1 heterocycles. The predicted molar refractivity (Wildman–Crippen MR) is 42.4 cm³/mol. The summed E-state index contributed by atoms with van der Waals surface area (Å²) in [5.74, 6) is 0. The van der Waals surface area contributed by atoms with Crippen molar-refractivity contribution in [3.63, 3.8) is 0 Å². The quantitative estimate of drug-likeness (QED) is 0.589. The van der Waals surface area contributed by atoms with Crippen molar-refractivity contribution >= 4 is 6.09 Å². The van der Waals surface area contributed by atoms with E-state index in [1.54, 1.807) is 0 Å². The number of carboxylic acid groups (broad SMARTS) is 1. The zero-order chi connectivity index (χ0) is 8.32. The number of rotatable bonds is 1. The fraction of sp³-hybridized carbons (Fsp3) is 0.875. The van der Waals surface area contributed by atoms with E-state index in [0.717, 1.165) is 32.5 Å². The van der Waals surface area contributed by atoms with Gasteiger partial charge in [-0.1, -0.05) is 0 Å². The van der Waals surface area contributed by atoms with Crippen LogP contribution in [0.25, 0.3) is 0 Å². The highest BCUT2D eigenvalue weighted by Crippen LogP contribution is 2.18. The van der Waals surface area contributed by atoms with Crippen molar-refractivity contribution in [1.82, 2.24) is 0 Å². The van der Waals surface area contributed by atoms with E-state index >= 15 is 0 Å². The summed E-state index contributed by atoms with van der Waals surface area (Å²) in [5.41, 5.74) is 0. The molecule has 11 heavy (non-hydrogen) atoms. The van der Waals surface area contributed by atoms with Gasteiger partial charge in [-0.2, -0.15) is 4.79 Å². The Balaban J connectivity index is 2.64. The lowest BCUT2D eigenvalue weighted by atomic mass is 10.1. The van der Waals surface area contributed by atoms with E-state index in [1.165, 1.54) is 6.42 Å². The molecule has 0 aromatic rings. The van der Waals surface area contributed by atoms with Crippen molar-refractivity contribution in [2.24, 2.45) is 0 Å². The third-order valence-electron chi connectivity index (χ3n) is 2.68. The van der Waals surface area contributed by atoms with Gasteiger partial charge in [-0.15, -0.1) is 0 Å². The van der Waals surface area contributed by atoms with Crippen molar-refractivity contribution in [3.8, 4) is 0 Å². The summed E-state index contributed by atoms with van der Waals surface area (Å²) in [6.45, 7) is 4.34. The number of hydrogen-bond donors (Lipinski definition) is 1. The fourth-order valence-electron chi connectivity index (χ4n) is 1.76. The first kappa shape index (κ1) is 8.53. The highest BCUT2D eigenvalue weighted by molar-refractivity contribution is 5.56. The van der Waals surface area contributed by atoms with Gasteiger partial charge in [0.05, 0.1) is 19.6 Å². The van der Waals surface area contributed by atoms with Crippen molar-refractivity contribution in [2.45, 2.75) is 26.2 Å². The van der Waals surface area contributed by atoms with Gasteiger partial charge in [0.25, 0.3) is 0 Å². The van der Waals surface area contributed by atoms with Crippen molar-refractivity contribution < 1.29 is 14.4 Å². The molecule has 0 aliphatic carbocycles. The minimum Gasteiger partial charge on any atom is -0.435 e. The third-order valence-corrected chi connectivity index (χ3v) is 2.68. The second kappa shape index (κ2) is 3.22. The number of carbonyl (C=O) groups is 1. The first-order valence-corrected chi connectivity index (χ1v) is 4.31. The summed E-state index contributed by atoms with van der Waals surface area (Å²) in [4.78, 5) is 10.9. The highest BCUT2D eigenvalue weighted by Gasteiger charge is 2.36. The minimum absolute atomic E-state index is 0.292. The van der Waals surface area contributed by atoms with E-state index < -0.39 is 6.09 Å². The van der Waals surface area contributed by atoms with Crippen molar-refractivity contribution in [1.29, 1.82) is 0 Å². The average molecular weight is 158 g/mol. The van der Waals surface area contributed by atoms with Gasteiger partial charge in [-0.3, -0.25) is 0 Å². The van der Waals surface area contributed by atoms with Crippen LogP contribution in [0, 0.1) is 0 Å². The molecule has 0 spiro atoms. The number of nitrogens with zero attached hydrogens (tertiary/aromatic N) is 1. The van der Waals surface area contributed by atoms with E-state index in [1.807, 2.05) is 6.92 Å². The van der Waals surface area contributed by atoms with E-state index in [-0.39, 0.29) is 0 Å². The Morgan fingerprint density at radius 3 is 2.18 bits per heavy atom.